The van der Waals surface area contributed by atoms with Crippen LogP contribution in [0, 0.1) is 0 Å². The van der Waals surface area contributed by atoms with Crippen molar-refractivity contribution < 1.29 is 9.32 Å². The van der Waals surface area contributed by atoms with E-state index in [2.05, 4.69) is 10.1 Å². The van der Waals surface area contributed by atoms with Gasteiger partial charge in [-0.2, -0.15) is 4.98 Å². The van der Waals surface area contributed by atoms with Gasteiger partial charge >= 0.3 is 0 Å². The lowest BCUT2D eigenvalue weighted by Gasteiger charge is -2.31. The molecule has 0 bridgehead atoms. The van der Waals surface area contributed by atoms with Crippen molar-refractivity contribution in [2.24, 2.45) is 0 Å². The highest BCUT2D eigenvalue weighted by Gasteiger charge is 2.22. The van der Waals surface area contributed by atoms with Crippen LogP contribution in [0.1, 0.15) is 44.4 Å². The monoisotopic (exact) mass is 319 g/mol. The summed E-state index contributed by atoms with van der Waals surface area (Å²) in [6, 6.07) is 4.32. The largest absolute Gasteiger partial charge is 0.343 e. The van der Waals surface area contributed by atoms with E-state index in [1.54, 1.807) is 11.3 Å². The Morgan fingerprint density at radius 3 is 2.95 bits per heavy atom. The number of hydrogen-bond donors (Lipinski definition) is 0. The Hall–Kier alpha value is -1.69. The molecular formula is C16H21N3O2S. The third kappa shape index (κ3) is 3.55. The van der Waals surface area contributed by atoms with Gasteiger partial charge in [0.2, 0.25) is 17.6 Å². The molecular weight excluding hydrogens is 298 g/mol. The van der Waals surface area contributed by atoms with E-state index in [0.717, 1.165) is 17.7 Å². The van der Waals surface area contributed by atoms with Gasteiger partial charge in [0.1, 0.15) is 0 Å². The predicted octanol–water partition coefficient (Wildman–Crippen LogP) is 3.52. The van der Waals surface area contributed by atoms with Gasteiger partial charge in [0, 0.05) is 25.9 Å². The summed E-state index contributed by atoms with van der Waals surface area (Å²) in [5, 5.41) is 5.95. The molecule has 1 aliphatic rings. The van der Waals surface area contributed by atoms with Gasteiger partial charge < -0.3 is 9.42 Å². The minimum atomic E-state index is 0.169. The molecule has 1 fully saturated rings. The number of amides is 1. The average molecular weight is 319 g/mol. The Kier molecular flexibility index (Phi) is 4.87. The minimum absolute atomic E-state index is 0.169. The normalized spacial score (nSPS) is 15.9. The highest BCUT2D eigenvalue weighted by molar-refractivity contribution is 7.13. The molecule has 118 valence electrons. The number of carbonyl (C=O) groups excluding carboxylic acids is 1. The number of aromatic nitrogens is 2. The second-order valence-corrected chi connectivity index (χ2v) is 6.73. The van der Waals surface area contributed by atoms with Crippen LogP contribution in [-0.2, 0) is 11.2 Å². The summed E-state index contributed by atoms with van der Waals surface area (Å²) in [4.78, 5) is 19.5. The van der Waals surface area contributed by atoms with Crippen molar-refractivity contribution in [2.45, 2.75) is 51.0 Å². The molecule has 3 rings (SSSR count). The van der Waals surface area contributed by atoms with Gasteiger partial charge in [0.25, 0.3) is 0 Å². The van der Waals surface area contributed by atoms with E-state index < -0.39 is 0 Å². The Labute approximate surface area is 134 Å². The van der Waals surface area contributed by atoms with E-state index in [-0.39, 0.29) is 5.91 Å². The number of hydrogen-bond acceptors (Lipinski definition) is 5. The van der Waals surface area contributed by atoms with Crippen LogP contribution in [0.3, 0.4) is 0 Å². The van der Waals surface area contributed by atoms with E-state index >= 15 is 0 Å². The molecule has 6 heteroatoms. The fourth-order valence-corrected chi connectivity index (χ4v) is 3.57. The predicted molar refractivity (Wildman–Crippen MR) is 85.6 cm³/mol. The van der Waals surface area contributed by atoms with Crippen LogP contribution >= 0.6 is 11.3 Å². The number of aryl methyl sites for hydroxylation is 1. The van der Waals surface area contributed by atoms with Crippen LogP contribution < -0.4 is 0 Å². The van der Waals surface area contributed by atoms with Gasteiger partial charge in [-0.25, -0.2) is 0 Å². The van der Waals surface area contributed by atoms with Crippen LogP contribution in [0.5, 0.6) is 0 Å². The van der Waals surface area contributed by atoms with Gasteiger partial charge in [-0.3, -0.25) is 4.79 Å². The standard InChI is InChI=1S/C16H21N3O2S/c1-19(12-6-3-2-4-7-12)15(20)10-9-14-17-16(18-21-14)13-8-5-11-22-13/h5,8,11-12H,2-4,6-7,9-10H2,1H3. The third-order valence-corrected chi connectivity index (χ3v) is 5.14. The van der Waals surface area contributed by atoms with Crippen LogP contribution in [-0.4, -0.2) is 34.0 Å². The third-order valence-electron chi connectivity index (χ3n) is 4.28. The number of carbonyl (C=O) groups is 1. The summed E-state index contributed by atoms with van der Waals surface area (Å²) in [6.07, 6.45) is 6.96. The van der Waals surface area contributed by atoms with Crippen molar-refractivity contribution in [3.63, 3.8) is 0 Å². The lowest BCUT2D eigenvalue weighted by molar-refractivity contribution is -0.132. The van der Waals surface area contributed by atoms with Crippen molar-refractivity contribution in [2.75, 3.05) is 7.05 Å². The van der Waals surface area contributed by atoms with Crippen molar-refractivity contribution in [3.05, 3.63) is 23.4 Å². The fraction of sp³-hybridized carbons (Fsp3) is 0.562. The van der Waals surface area contributed by atoms with Gasteiger partial charge in [0.05, 0.1) is 4.88 Å². The van der Waals surface area contributed by atoms with Gasteiger partial charge in [-0.1, -0.05) is 30.5 Å². The van der Waals surface area contributed by atoms with Gasteiger partial charge in [-0.05, 0) is 24.3 Å². The molecule has 0 unspecified atom stereocenters. The Balaban J connectivity index is 1.52. The summed E-state index contributed by atoms with van der Waals surface area (Å²) >= 11 is 1.58. The molecule has 1 saturated carbocycles. The Bertz CT molecular complexity index is 603. The number of nitrogens with zero attached hydrogens (tertiary/aromatic N) is 3. The van der Waals surface area contributed by atoms with E-state index in [4.69, 9.17) is 4.52 Å². The smallest absolute Gasteiger partial charge is 0.227 e. The highest BCUT2D eigenvalue weighted by atomic mass is 32.1. The van der Waals surface area contributed by atoms with Crippen molar-refractivity contribution >= 4 is 17.2 Å². The lowest BCUT2D eigenvalue weighted by atomic mass is 9.94. The van der Waals surface area contributed by atoms with Crippen LogP contribution in [0.4, 0.5) is 0 Å². The van der Waals surface area contributed by atoms with Gasteiger partial charge in [-0.15, -0.1) is 11.3 Å². The molecule has 2 aromatic rings. The van der Waals surface area contributed by atoms with E-state index in [1.165, 1.54) is 19.3 Å². The zero-order chi connectivity index (χ0) is 15.4. The SMILES string of the molecule is CN(C(=O)CCc1nc(-c2cccs2)no1)C1CCCCC1. The maximum atomic E-state index is 12.3. The van der Waals surface area contributed by atoms with Crippen molar-refractivity contribution in [1.82, 2.24) is 15.0 Å². The molecule has 0 N–H and O–H groups in total. The first-order valence-electron chi connectivity index (χ1n) is 7.86. The summed E-state index contributed by atoms with van der Waals surface area (Å²) in [6.45, 7) is 0. The summed E-state index contributed by atoms with van der Waals surface area (Å²) < 4.78 is 5.24. The molecule has 1 amide bonds. The van der Waals surface area contributed by atoms with Crippen molar-refractivity contribution in [1.29, 1.82) is 0 Å². The molecule has 5 nitrogen and oxygen atoms in total. The maximum Gasteiger partial charge on any atom is 0.227 e. The summed E-state index contributed by atoms with van der Waals surface area (Å²) in [5.74, 6) is 1.31. The van der Waals surface area contributed by atoms with E-state index in [1.807, 2.05) is 29.5 Å². The number of thiophene rings is 1. The first kappa shape index (κ1) is 15.2. The second-order valence-electron chi connectivity index (χ2n) is 5.79. The molecule has 0 spiro atoms. The molecule has 2 heterocycles. The molecule has 2 aromatic heterocycles. The Morgan fingerprint density at radius 2 is 2.23 bits per heavy atom. The molecule has 22 heavy (non-hydrogen) atoms. The van der Waals surface area contributed by atoms with Crippen molar-refractivity contribution in [3.8, 4) is 10.7 Å². The first-order chi connectivity index (χ1) is 10.7. The maximum absolute atomic E-state index is 12.3. The first-order valence-corrected chi connectivity index (χ1v) is 8.74. The van der Waals surface area contributed by atoms with E-state index in [0.29, 0.717) is 30.6 Å². The quantitative estimate of drug-likeness (QED) is 0.846. The average Bonchev–Trinajstić information content (AvgIpc) is 3.23. The molecule has 1 aliphatic carbocycles. The molecule has 0 radical (unpaired) electrons. The fourth-order valence-electron chi connectivity index (χ4n) is 2.92. The summed E-state index contributed by atoms with van der Waals surface area (Å²) in [5.41, 5.74) is 0. The van der Waals surface area contributed by atoms with E-state index in [9.17, 15) is 4.79 Å². The Morgan fingerprint density at radius 1 is 1.41 bits per heavy atom. The molecule has 0 aromatic carbocycles. The number of rotatable bonds is 5. The van der Waals surface area contributed by atoms with Crippen LogP contribution in [0.2, 0.25) is 0 Å². The van der Waals surface area contributed by atoms with Crippen LogP contribution in [0.15, 0.2) is 22.0 Å². The van der Waals surface area contributed by atoms with Gasteiger partial charge in [0.15, 0.2) is 0 Å². The molecule has 0 aliphatic heterocycles. The highest BCUT2D eigenvalue weighted by Crippen LogP contribution is 2.23. The zero-order valence-corrected chi connectivity index (χ0v) is 13.6. The zero-order valence-electron chi connectivity index (χ0n) is 12.8. The topological polar surface area (TPSA) is 59.2 Å². The lowest BCUT2D eigenvalue weighted by Crippen LogP contribution is -2.38. The summed E-state index contributed by atoms with van der Waals surface area (Å²) in [7, 11) is 1.92. The molecule has 0 saturated heterocycles. The molecule has 0 atom stereocenters. The minimum Gasteiger partial charge on any atom is -0.343 e. The van der Waals surface area contributed by atoms with Crippen LogP contribution in [0.25, 0.3) is 10.7 Å². The second kappa shape index (κ2) is 7.05.